The van der Waals surface area contributed by atoms with Crippen molar-refractivity contribution in [2.45, 2.75) is 20.5 Å². The van der Waals surface area contributed by atoms with Crippen molar-refractivity contribution in [1.29, 1.82) is 0 Å². The first kappa shape index (κ1) is 13.1. The van der Waals surface area contributed by atoms with Gasteiger partial charge in [0.15, 0.2) is 0 Å². The first-order valence-corrected chi connectivity index (χ1v) is 6.27. The maximum absolute atomic E-state index is 11.6. The zero-order chi connectivity index (χ0) is 13.2. The monoisotopic (exact) mass is 248 g/mol. The molecule has 2 atom stereocenters. The maximum Gasteiger partial charge on any atom is 0.309 e. The lowest BCUT2D eigenvalue weighted by Crippen LogP contribution is -2.08. The second-order valence-electron chi connectivity index (χ2n) is 5.43. The minimum absolute atomic E-state index is 0.00375. The van der Waals surface area contributed by atoms with Crippen LogP contribution in [0.3, 0.4) is 0 Å². The van der Waals surface area contributed by atoms with Crippen LogP contribution >= 0.6 is 0 Å². The van der Waals surface area contributed by atoms with Crippen LogP contribution in [0.1, 0.15) is 19.4 Å². The van der Waals surface area contributed by atoms with Gasteiger partial charge in [-0.3, -0.25) is 4.79 Å². The highest BCUT2D eigenvalue weighted by Crippen LogP contribution is 2.58. The van der Waals surface area contributed by atoms with Crippen LogP contribution in [-0.4, -0.2) is 19.7 Å². The first-order valence-electron chi connectivity index (χ1n) is 6.27. The summed E-state index contributed by atoms with van der Waals surface area (Å²) in [7, 11) is 1.44. The van der Waals surface area contributed by atoms with E-state index in [-0.39, 0.29) is 23.2 Å². The van der Waals surface area contributed by atoms with Gasteiger partial charge in [0.1, 0.15) is 0 Å². The van der Waals surface area contributed by atoms with Crippen molar-refractivity contribution >= 4 is 5.97 Å². The Balaban J connectivity index is 1.80. The summed E-state index contributed by atoms with van der Waals surface area (Å²) >= 11 is 0. The standard InChI is InChI=1S/C15H20O3/c1-15(2)12(13(15)14(16)17-3)10-18-9-11-7-5-4-6-8-11/h4-8,12-13H,9-10H2,1-3H3. The molecule has 1 fully saturated rings. The van der Waals surface area contributed by atoms with E-state index in [2.05, 4.69) is 13.8 Å². The number of carbonyl (C=O) groups is 1. The van der Waals surface area contributed by atoms with E-state index in [9.17, 15) is 4.79 Å². The van der Waals surface area contributed by atoms with Gasteiger partial charge in [-0.05, 0) is 11.0 Å². The molecule has 0 N–H and O–H groups in total. The van der Waals surface area contributed by atoms with Crippen molar-refractivity contribution in [1.82, 2.24) is 0 Å². The molecule has 1 aromatic rings. The normalized spacial score (nSPS) is 24.6. The van der Waals surface area contributed by atoms with E-state index in [1.165, 1.54) is 7.11 Å². The Kier molecular flexibility index (Phi) is 3.71. The predicted molar refractivity (Wildman–Crippen MR) is 68.9 cm³/mol. The quantitative estimate of drug-likeness (QED) is 0.751. The van der Waals surface area contributed by atoms with Crippen LogP contribution in [0.2, 0.25) is 0 Å². The topological polar surface area (TPSA) is 35.5 Å². The lowest BCUT2D eigenvalue weighted by atomic mass is 10.1. The van der Waals surface area contributed by atoms with Gasteiger partial charge >= 0.3 is 5.97 Å². The molecule has 18 heavy (non-hydrogen) atoms. The van der Waals surface area contributed by atoms with Gasteiger partial charge in [0.2, 0.25) is 0 Å². The molecule has 0 heterocycles. The summed E-state index contributed by atoms with van der Waals surface area (Å²) in [5, 5.41) is 0. The smallest absolute Gasteiger partial charge is 0.309 e. The van der Waals surface area contributed by atoms with Gasteiger partial charge in [-0.2, -0.15) is 0 Å². The van der Waals surface area contributed by atoms with Crippen LogP contribution in [0, 0.1) is 17.3 Å². The molecule has 1 aliphatic rings. The van der Waals surface area contributed by atoms with Gasteiger partial charge in [-0.1, -0.05) is 44.2 Å². The van der Waals surface area contributed by atoms with E-state index in [0.717, 1.165) is 5.56 Å². The number of esters is 1. The maximum atomic E-state index is 11.6. The van der Waals surface area contributed by atoms with Crippen LogP contribution in [-0.2, 0) is 20.9 Å². The van der Waals surface area contributed by atoms with Crippen molar-refractivity contribution < 1.29 is 14.3 Å². The number of methoxy groups -OCH3 is 1. The zero-order valence-electron chi connectivity index (χ0n) is 11.2. The Morgan fingerprint density at radius 1 is 1.28 bits per heavy atom. The Hall–Kier alpha value is -1.35. The van der Waals surface area contributed by atoms with Gasteiger partial charge in [-0.25, -0.2) is 0 Å². The van der Waals surface area contributed by atoms with Crippen LogP contribution < -0.4 is 0 Å². The molecular weight excluding hydrogens is 228 g/mol. The highest BCUT2D eigenvalue weighted by molar-refractivity contribution is 5.77. The van der Waals surface area contributed by atoms with Crippen molar-refractivity contribution in [3.05, 3.63) is 35.9 Å². The summed E-state index contributed by atoms with van der Waals surface area (Å²) in [4.78, 5) is 11.6. The summed E-state index contributed by atoms with van der Waals surface area (Å²) in [5.74, 6) is 0.139. The average Bonchev–Trinajstić information content (AvgIpc) is 2.92. The number of rotatable bonds is 5. The number of hydrogen-bond donors (Lipinski definition) is 0. The Labute approximate surface area is 108 Å². The minimum atomic E-state index is -0.117. The molecular formula is C15H20O3. The predicted octanol–water partition coefficient (Wildman–Crippen LogP) is 2.65. The molecule has 0 bridgehead atoms. The van der Waals surface area contributed by atoms with Crippen LogP contribution in [0.4, 0.5) is 0 Å². The van der Waals surface area contributed by atoms with E-state index >= 15 is 0 Å². The van der Waals surface area contributed by atoms with Gasteiger partial charge in [0.25, 0.3) is 0 Å². The first-order chi connectivity index (χ1) is 8.57. The molecule has 0 radical (unpaired) electrons. The fraction of sp³-hybridized carbons (Fsp3) is 0.533. The Morgan fingerprint density at radius 3 is 2.56 bits per heavy atom. The minimum Gasteiger partial charge on any atom is -0.469 e. The van der Waals surface area contributed by atoms with E-state index in [1.807, 2.05) is 30.3 Å². The molecule has 3 heteroatoms. The SMILES string of the molecule is COC(=O)C1C(COCc2ccccc2)C1(C)C. The van der Waals surface area contributed by atoms with E-state index in [4.69, 9.17) is 9.47 Å². The molecule has 1 aliphatic carbocycles. The molecule has 98 valence electrons. The van der Waals surface area contributed by atoms with E-state index in [1.54, 1.807) is 0 Å². The Morgan fingerprint density at radius 2 is 1.94 bits per heavy atom. The van der Waals surface area contributed by atoms with Crippen molar-refractivity contribution in [2.75, 3.05) is 13.7 Å². The average molecular weight is 248 g/mol. The van der Waals surface area contributed by atoms with Crippen molar-refractivity contribution in [3.63, 3.8) is 0 Å². The largest absolute Gasteiger partial charge is 0.469 e. The molecule has 3 nitrogen and oxygen atoms in total. The highest BCUT2D eigenvalue weighted by atomic mass is 16.5. The van der Waals surface area contributed by atoms with E-state index < -0.39 is 0 Å². The molecule has 0 saturated heterocycles. The number of ether oxygens (including phenoxy) is 2. The van der Waals surface area contributed by atoms with Gasteiger partial charge < -0.3 is 9.47 Å². The summed E-state index contributed by atoms with van der Waals surface area (Å²) in [6.07, 6.45) is 0. The number of benzene rings is 1. The molecule has 1 aromatic carbocycles. The molecule has 0 spiro atoms. The zero-order valence-corrected chi connectivity index (χ0v) is 11.2. The highest BCUT2D eigenvalue weighted by Gasteiger charge is 2.62. The molecule has 0 amide bonds. The van der Waals surface area contributed by atoms with Crippen molar-refractivity contribution in [2.24, 2.45) is 17.3 Å². The number of hydrogen-bond acceptors (Lipinski definition) is 3. The van der Waals surface area contributed by atoms with Crippen LogP contribution in [0.15, 0.2) is 30.3 Å². The fourth-order valence-corrected chi connectivity index (χ4v) is 2.53. The fourth-order valence-electron chi connectivity index (χ4n) is 2.53. The second-order valence-corrected chi connectivity index (χ2v) is 5.43. The molecule has 2 rings (SSSR count). The molecule has 0 aliphatic heterocycles. The number of carbonyl (C=O) groups excluding carboxylic acids is 1. The summed E-state index contributed by atoms with van der Waals surface area (Å²) in [6, 6.07) is 10.1. The van der Waals surface area contributed by atoms with Gasteiger partial charge in [0.05, 0.1) is 26.2 Å². The molecule has 1 saturated carbocycles. The summed E-state index contributed by atoms with van der Waals surface area (Å²) in [5.41, 5.74) is 1.16. The summed E-state index contributed by atoms with van der Waals surface area (Å²) < 4.78 is 10.5. The lowest BCUT2D eigenvalue weighted by Gasteiger charge is -2.05. The van der Waals surface area contributed by atoms with E-state index in [0.29, 0.717) is 13.2 Å². The van der Waals surface area contributed by atoms with Gasteiger partial charge in [-0.15, -0.1) is 0 Å². The van der Waals surface area contributed by atoms with Crippen LogP contribution in [0.25, 0.3) is 0 Å². The Bertz CT molecular complexity index is 411. The second kappa shape index (κ2) is 5.11. The van der Waals surface area contributed by atoms with Gasteiger partial charge in [0, 0.05) is 5.92 Å². The molecule has 0 aromatic heterocycles. The van der Waals surface area contributed by atoms with Crippen LogP contribution in [0.5, 0.6) is 0 Å². The third-order valence-electron chi connectivity index (χ3n) is 3.91. The third-order valence-corrected chi connectivity index (χ3v) is 3.91. The summed E-state index contributed by atoms with van der Waals surface area (Å²) in [6.45, 7) is 5.39. The lowest BCUT2D eigenvalue weighted by molar-refractivity contribution is -0.143. The third kappa shape index (κ3) is 2.56. The van der Waals surface area contributed by atoms with Crippen molar-refractivity contribution in [3.8, 4) is 0 Å². The molecule has 2 unspecified atom stereocenters.